The molecule has 1 aromatic carbocycles. The molecule has 0 heterocycles. The number of benzene rings is 1. The number of phenolic OH excluding ortho intramolecular Hbond substituents is 1. The van der Waals surface area contributed by atoms with Crippen molar-refractivity contribution in [2.75, 3.05) is 13.2 Å². The Morgan fingerprint density at radius 2 is 1.73 bits per heavy atom. The molecular formula is C23H40O3. The number of aliphatic hydroxyl groups is 1. The first-order valence-corrected chi connectivity index (χ1v) is 10.6. The molecular weight excluding hydrogens is 324 g/mol. The average Bonchev–Trinajstić information content (AvgIpc) is 2.58. The summed E-state index contributed by atoms with van der Waals surface area (Å²) in [6.07, 6.45) is 10.1. The minimum atomic E-state index is -0.00807. The van der Waals surface area contributed by atoms with Crippen LogP contribution in [0.1, 0.15) is 83.8 Å². The van der Waals surface area contributed by atoms with Crippen LogP contribution in [0.4, 0.5) is 0 Å². The van der Waals surface area contributed by atoms with Crippen molar-refractivity contribution in [2.45, 2.75) is 85.5 Å². The van der Waals surface area contributed by atoms with Crippen molar-refractivity contribution in [1.82, 2.24) is 0 Å². The van der Waals surface area contributed by atoms with E-state index in [0.29, 0.717) is 11.7 Å². The zero-order valence-corrected chi connectivity index (χ0v) is 17.4. The summed E-state index contributed by atoms with van der Waals surface area (Å²) in [4.78, 5) is 0. The molecule has 150 valence electrons. The van der Waals surface area contributed by atoms with Crippen molar-refractivity contribution in [2.24, 2.45) is 11.8 Å². The van der Waals surface area contributed by atoms with E-state index in [9.17, 15) is 5.11 Å². The molecule has 1 aromatic rings. The van der Waals surface area contributed by atoms with Crippen LogP contribution in [0, 0.1) is 11.8 Å². The van der Waals surface area contributed by atoms with E-state index in [1.54, 1.807) is 0 Å². The van der Waals surface area contributed by atoms with Gasteiger partial charge in [0.1, 0.15) is 18.1 Å². The maximum Gasteiger partial charge on any atom is 0.126 e. The van der Waals surface area contributed by atoms with E-state index in [2.05, 4.69) is 33.8 Å². The normalized spacial score (nSPS) is 12.5. The summed E-state index contributed by atoms with van der Waals surface area (Å²) in [5.74, 6) is 2.51. The molecule has 2 N–H and O–H groups in total. The molecule has 0 fully saturated rings. The molecule has 0 aliphatic carbocycles. The van der Waals surface area contributed by atoms with Gasteiger partial charge in [-0.1, -0.05) is 59.8 Å². The molecule has 1 atom stereocenters. The van der Waals surface area contributed by atoms with Gasteiger partial charge in [-0.3, -0.25) is 0 Å². The van der Waals surface area contributed by atoms with Crippen LogP contribution in [0.25, 0.3) is 0 Å². The van der Waals surface area contributed by atoms with Gasteiger partial charge in [0.05, 0.1) is 6.61 Å². The number of rotatable bonds is 14. The lowest BCUT2D eigenvalue weighted by Crippen LogP contribution is -2.06. The van der Waals surface area contributed by atoms with Crippen LogP contribution in [0.2, 0.25) is 0 Å². The predicted octanol–water partition coefficient (Wildman–Crippen LogP) is 5.89. The second-order valence-corrected chi connectivity index (χ2v) is 8.09. The molecule has 0 aliphatic heterocycles. The molecule has 0 spiro atoms. The maximum atomic E-state index is 10.5. The SMILES string of the molecule is CCCCCc1cc(O)c(CC[C@@H](C)CCCC(C)C)c(OCCO)c1. The Balaban J connectivity index is 2.71. The number of ether oxygens (including phenoxy) is 1. The molecule has 0 amide bonds. The predicted molar refractivity (Wildman–Crippen MR) is 110 cm³/mol. The molecule has 0 aromatic heterocycles. The first-order chi connectivity index (χ1) is 12.5. The first kappa shape index (κ1) is 22.8. The Morgan fingerprint density at radius 3 is 2.38 bits per heavy atom. The molecule has 26 heavy (non-hydrogen) atoms. The van der Waals surface area contributed by atoms with Gasteiger partial charge in [0.15, 0.2) is 0 Å². The zero-order chi connectivity index (χ0) is 19.4. The largest absolute Gasteiger partial charge is 0.508 e. The third-order valence-corrected chi connectivity index (χ3v) is 5.03. The number of hydrogen-bond acceptors (Lipinski definition) is 3. The molecule has 3 heteroatoms. The Morgan fingerprint density at radius 1 is 0.962 bits per heavy atom. The minimum absolute atomic E-state index is 0.00807. The molecule has 0 radical (unpaired) electrons. The number of aliphatic hydroxyl groups excluding tert-OH is 1. The molecule has 0 bridgehead atoms. The van der Waals surface area contributed by atoms with Gasteiger partial charge < -0.3 is 14.9 Å². The molecule has 1 rings (SSSR count). The quantitative estimate of drug-likeness (QED) is 0.405. The highest BCUT2D eigenvalue weighted by molar-refractivity contribution is 5.47. The summed E-state index contributed by atoms with van der Waals surface area (Å²) in [5, 5.41) is 19.7. The molecule has 0 unspecified atom stereocenters. The van der Waals surface area contributed by atoms with E-state index in [-0.39, 0.29) is 13.2 Å². The maximum absolute atomic E-state index is 10.5. The van der Waals surface area contributed by atoms with Crippen molar-refractivity contribution in [3.05, 3.63) is 23.3 Å². The van der Waals surface area contributed by atoms with Crippen molar-refractivity contribution >= 4 is 0 Å². The monoisotopic (exact) mass is 364 g/mol. The lowest BCUT2D eigenvalue weighted by molar-refractivity contribution is 0.199. The number of hydrogen-bond donors (Lipinski definition) is 2. The smallest absolute Gasteiger partial charge is 0.126 e. The van der Waals surface area contributed by atoms with Gasteiger partial charge in [-0.05, 0) is 55.2 Å². The molecule has 3 nitrogen and oxygen atoms in total. The average molecular weight is 365 g/mol. The number of unbranched alkanes of at least 4 members (excludes halogenated alkanes) is 2. The summed E-state index contributed by atoms with van der Waals surface area (Å²) in [6.45, 7) is 9.30. The van der Waals surface area contributed by atoms with Gasteiger partial charge >= 0.3 is 0 Å². The molecule has 0 saturated heterocycles. The summed E-state index contributed by atoms with van der Waals surface area (Å²) in [7, 11) is 0. The Hall–Kier alpha value is -1.22. The first-order valence-electron chi connectivity index (χ1n) is 10.6. The van der Waals surface area contributed by atoms with E-state index < -0.39 is 0 Å². The standard InChI is InChI=1S/C23H40O3/c1-5-6-7-11-20-16-22(25)21(23(17-20)26-15-14-24)13-12-19(4)10-8-9-18(2)3/h16-19,24-25H,5-15H2,1-4H3/t19-/m0/s1. The molecule has 0 aliphatic rings. The fourth-order valence-electron chi connectivity index (χ4n) is 3.35. The number of aromatic hydroxyl groups is 1. The lowest BCUT2D eigenvalue weighted by Gasteiger charge is -2.17. The van der Waals surface area contributed by atoms with Gasteiger partial charge in [-0.2, -0.15) is 0 Å². The van der Waals surface area contributed by atoms with Gasteiger partial charge in [0, 0.05) is 5.56 Å². The Kier molecular flexibility index (Phi) is 11.4. The van der Waals surface area contributed by atoms with E-state index >= 15 is 0 Å². The van der Waals surface area contributed by atoms with Crippen LogP contribution in [-0.2, 0) is 12.8 Å². The van der Waals surface area contributed by atoms with E-state index in [0.717, 1.165) is 48.5 Å². The van der Waals surface area contributed by atoms with Gasteiger partial charge in [-0.15, -0.1) is 0 Å². The van der Waals surface area contributed by atoms with Crippen LogP contribution in [-0.4, -0.2) is 23.4 Å². The van der Waals surface area contributed by atoms with Gasteiger partial charge in [0.25, 0.3) is 0 Å². The van der Waals surface area contributed by atoms with Crippen molar-refractivity contribution in [3.8, 4) is 11.5 Å². The van der Waals surface area contributed by atoms with Crippen LogP contribution in [0.15, 0.2) is 12.1 Å². The highest BCUT2D eigenvalue weighted by Crippen LogP contribution is 2.33. The second kappa shape index (κ2) is 13.0. The summed E-state index contributed by atoms with van der Waals surface area (Å²) < 4.78 is 5.75. The third-order valence-electron chi connectivity index (χ3n) is 5.03. The highest BCUT2D eigenvalue weighted by atomic mass is 16.5. The van der Waals surface area contributed by atoms with E-state index in [4.69, 9.17) is 9.84 Å². The van der Waals surface area contributed by atoms with Crippen LogP contribution < -0.4 is 4.74 Å². The zero-order valence-electron chi connectivity index (χ0n) is 17.4. The van der Waals surface area contributed by atoms with Crippen molar-refractivity contribution < 1.29 is 14.9 Å². The van der Waals surface area contributed by atoms with Crippen LogP contribution in [0.5, 0.6) is 11.5 Å². The fraction of sp³-hybridized carbons (Fsp3) is 0.739. The summed E-state index contributed by atoms with van der Waals surface area (Å²) in [5.41, 5.74) is 2.02. The van der Waals surface area contributed by atoms with E-state index in [1.165, 1.54) is 32.1 Å². The Labute approximate surface area is 160 Å². The third kappa shape index (κ3) is 8.93. The van der Waals surface area contributed by atoms with E-state index in [1.807, 2.05) is 6.07 Å². The number of phenols is 1. The summed E-state index contributed by atoms with van der Waals surface area (Å²) in [6, 6.07) is 3.96. The van der Waals surface area contributed by atoms with Crippen LogP contribution in [0.3, 0.4) is 0 Å². The topological polar surface area (TPSA) is 49.7 Å². The second-order valence-electron chi connectivity index (χ2n) is 8.09. The number of aryl methyl sites for hydroxylation is 1. The fourth-order valence-corrected chi connectivity index (χ4v) is 3.35. The van der Waals surface area contributed by atoms with Gasteiger partial charge in [0.2, 0.25) is 0 Å². The van der Waals surface area contributed by atoms with Crippen molar-refractivity contribution in [1.29, 1.82) is 0 Å². The van der Waals surface area contributed by atoms with Crippen molar-refractivity contribution in [3.63, 3.8) is 0 Å². The highest BCUT2D eigenvalue weighted by Gasteiger charge is 2.14. The minimum Gasteiger partial charge on any atom is -0.508 e. The molecule has 0 saturated carbocycles. The van der Waals surface area contributed by atoms with Crippen LogP contribution >= 0.6 is 0 Å². The Bertz CT molecular complexity index is 496. The lowest BCUT2D eigenvalue weighted by atomic mass is 9.93. The van der Waals surface area contributed by atoms with Gasteiger partial charge in [-0.25, -0.2) is 0 Å². The summed E-state index contributed by atoms with van der Waals surface area (Å²) >= 11 is 0.